The third-order valence-electron chi connectivity index (χ3n) is 6.37. The van der Waals surface area contributed by atoms with Crippen LogP contribution in [0.2, 0.25) is 0 Å². The molecule has 0 saturated carbocycles. The summed E-state index contributed by atoms with van der Waals surface area (Å²) >= 11 is 0. The van der Waals surface area contributed by atoms with E-state index < -0.39 is 0 Å². The first-order valence-electron chi connectivity index (χ1n) is 12.1. The molecular weight excluding hydrogens is 452 g/mol. The van der Waals surface area contributed by atoms with E-state index in [0.29, 0.717) is 31.3 Å². The van der Waals surface area contributed by atoms with E-state index in [0.717, 1.165) is 22.4 Å². The fourth-order valence-electron chi connectivity index (χ4n) is 4.60. The molecule has 3 aromatic carbocycles. The van der Waals surface area contributed by atoms with Gasteiger partial charge < -0.3 is 19.3 Å². The SMILES string of the molecule is CC(=O)N1C=Cc2ccccc2C1CC(=O)N(C/C=C/c1ccccc1)c1ccc2c(c1)OCCO2. The Morgan fingerprint density at radius 1 is 0.972 bits per heavy atom. The average molecular weight is 481 g/mol. The first-order valence-corrected chi connectivity index (χ1v) is 12.1. The van der Waals surface area contributed by atoms with Crippen LogP contribution in [0.1, 0.15) is 36.1 Å². The van der Waals surface area contributed by atoms with Crippen molar-refractivity contribution >= 4 is 29.7 Å². The molecule has 2 heterocycles. The summed E-state index contributed by atoms with van der Waals surface area (Å²) in [6, 6.07) is 23.0. The lowest BCUT2D eigenvalue weighted by molar-refractivity contribution is -0.129. The molecule has 0 spiro atoms. The van der Waals surface area contributed by atoms with Gasteiger partial charge in [-0.2, -0.15) is 0 Å². The van der Waals surface area contributed by atoms with Crippen LogP contribution in [-0.2, 0) is 9.59 Å². The molecule has 0 bridgehead atoms. The van der Waals surface area contributed by atoms with Crippen molar-refractivity contribution in [2.24, 2.45) is 0 Å². The standard InChI is InChI=1S/C30H28N2O4/c1-22(33)31-17-15-24-11-5-6-12-26(24)27(31)21-30(34)32(16-7-10-23-8-3-2-4-9-23)25-13-14-28-29(20-25)36-19-18-35-28/h2-15,17,20,27H,16,18-19,21H2,1H3/b10-7+. The van der Waals surface area contributed by atoms with E-state index in [9.17, 15) is 9.59 Å². The maximum atomic E-state index is 13.9. The molecule has 6 heteroatoms. The van der Waals surface area contributed by atoms with Crippen LogP contribution >= 0.6 is 0 Å². The minimum Gasteiger partial charge on any atom is -0.486 e. The molecule has 6 nitrogen and oxygen atoms in total. The summed E-state index contributed by atoms with van der Waals surface area (Å²) in [6.45, 7) is 2.87. The number of hydrogen-bond donors (Lipinski definition) is 0. The first-order chi connectivity index (χ1) is 17.6. The largest absolute Gasteiger partial charge is 0.486 e. The Morgan fingerprint density at radius 2 is 1.72 bits per heavy atom. The highest BCUT2D eigenvalue weighted by Crippen LogP contribution is 2.36. The number of ether oxygens (including phenoxy) is 2. The predicted molar refractivity (Wildman–Crippen MR) is 141 cm³/mol. The molecule has 0 aromatic heterocycles. The summed E-state index contributed by atoms with van der Waals surface area (Å²) < 4.78 is 11.4. The minimum absolute atomic E-state index is 0.0919. The quantitative estimate of drug-likeness (QED) is 0.470. The number of nitrogens with zero attached hydrogens (tertiary/aromatic N) is 2. The fraction of sp³-hybridized carbons (Fsp3) is 0.200. The van der Waals surface area contributed by atoms with Gasteiger partial charge in [-0.3, -0.25) is 9.59 Å². The van der Waals surface area contributed by atoms with E-state index in [1.54, 1.807) is 16.0 Å². The Kier molecular flexibility index (Phi) is 6.85. The van der Waals surface area contributed by atoms with Gasteiger partial charge >= 0.3 is 0 Å². The van der Waals surface area contributed by atoms with Crippen molar-refractivity contribution in [3.8, 4) is 11.5 Å². The zero-order valence-corrected chi connectivity index (χ0v) is 20.2. The zero-order valence-electron chi connectivity index (χ0n) is 20.2. The summed E-state index contributed by atoms with van der Waals surface area (Å²) in [5, 5.41) is 0. The number of benzene rings is 3. The van der Waals surface area contributed by atoms with Crippen LogP contribution in [0, 0.1) is 0 Å². The smallest absolute Gasteiger partial charge is 0.229 e. The van der Waals surface area contributed by atoms with Crippen LogP contribution in [0.4, 0.5) is 5.69 Å². The summed E-state index contributed by atoms with van der Waals surface area (Å²) in [4.78, 5) is 29.7. The van der Waals surface area contributed by atoms with Gasteiger partial charge in [-0.25, -0.2) is 0 Å². The Bertz CT molecular complexity index is 1320. The lowest BCUT2D eigenvalue weighted by Gasteiger charge is -2.34. The molecule has 1 atom stereocenters. The van der Waals surface area contributed by atoms with Gasteiger partial charge in [0.25, 0.3) is 0 Å². The number of rotatable bonds is 6. The van der Waals surface area contributed by atoms with Crippen molar-refractivity contribution < 1.29 is 19.1 Å². The van der Waals surface area contributed by atoms with E-state index in [2.05, 4.69) is 0 Å². The monoisotopic (exact) mass is 480 g/mol. The second-order valence-electron chi connectivity index (χ2n) is 8.74. The van der Waals surface area contributed by atoms with E-state index in [-0.39, 0.29) is 24.3 Å². The van der Waals surface area contributed by atoms with Gasteiger partial charge in [0.05, 0.1) is 12.5 Å². The lowest BCUT2D eigenvalue weighted by atomic mass is 9.93. The molecule has 1 unspecified atom stereocenters. The number of fused-ring (bicyclic) bond motifs is 2. The van der Waals surface area contributed by atoms with Gasteiger partial charge in [0.2, 0.25) is 11.8 Å². The maximum absolute atomic E-state index is 13.9. The second-order valence-corrected chi connectivity index (χ2v) is 8.74. The van der Waals surface area contributed by atoms with Crippen molar-refractivity contribution in [3.63, 3.8) is 0 Å². The van der Waals surface area contributed by atoms with E-state index in [1.165, 1.54) is 6.92 Å². The van der Waals surface area contributed by atoms with Gasteiger partial charge in [-0.15, -0.1) is 0 Å². The number of hydrogen-bond acceptors (Lipinski definition) is 4. The molecule has 0 saturated heterocycles. The highest BCUT2D eigenvalue weighted by molar-refractivity contribution is 5.95. The van der Waals surface area contributed by atoms with Crippen molar-refractivity contribution in [2.45, 2.75) is 19.4 Å². The predicted octanol–water partition coefficient (Wildman–Crippen LogP) is 5.47. The lowest BCUT2D eigenvalue weighted by Crippen LogP contribution is -2.37. The molecular formula is C30H28N2O4. The second kappa shape index (κ2) is 10.5. The molecule has 36 heavy (non-hydrogen) atoms. The molecule has 0 aliphatic carbocycles. The van der Waals surface area contributed by atoms with Crippen LogP contribution < -0.4 is 14.4 Å². The van der Waals surface area contributed by atoms with Crippen LogP contribution in [0.3, 0.4) is 0 Å². The van der Waals surface area contributed by atoms with Gasteiger partial charge in [0, 0.05) is 31.4 Å². The van der Waals surface area contributed by atoms with Gasteiger partial charge in [0.15, 0.2) is 11.5 Å². The molecule has 0 fully saturated rings. The van der Waals surface area contributed by atoms with Crippen molar-refractivity contribution in [3.05, 3.63) is 102 Å². The number of carbonyl (C=O) groups is 2. The normalized spacial score (nSPS) is 16.0. The first kappa shape index (κ1) is 23.4. The van der Waals surface area contributed by atoms with Gasteiger partial charge in [-0.05, 0) is 34.9 Å². The van der Waals surface area contributed by atoms with Crippen molar-refractivity contribution in [2.75, 3.05) is 24.7 Å². The topological polar surface area (TPSA) is 59.1 Å². The third kappa shape index (κ3) is 5.03. The number of carbonyl (C=O) groups excluding carboxylic acids is 2. The molecule has 182 valence electrons. The number of amides is 2. The van der Waals surface area contributed by atoms with Gasteiger partial charge in [0.1, 0.15) is 13.2 Å². The van der Waals surface area contributed by atoms with Crippen LogP contribution in [-0.4, -0.2) is 36.5 Å². The molecule has 2 aliphatic rings. The van der Waals surface area contributed by atoms with Crippen LogP contribution in [0.25, 0.3) is 12.2 Å². The zero-order chi connectivity index (χ0) is 24.9. The summed E-state index contributed by atoms with van der Waals surface area (Å²) in [6.07, 6.45) is 7.81. The van der Waals surface area contributed by atoms with Crippen molar-refractivity contribution in [1.29, 1.82) is 0 Å². The van der Waals surface area contributed by atoms with E-state index in [1.807, 2.05) is 91.0 Å². The Labute approximate surface area is 211 Å². The molecule has 0 N–H and O–H groups in total. The maximum Gasteiger partial charge on any atom is 0.229 e. The summed E-state index contributed by atoms with van der Waals surface area (Å²) in [5.41, 5.74) is 3.75. The van der Waals surface area contributed by atoms with Crippen molar-refractivity contribution in [1.82, 2.24) is 4.90 Å². The molecule has 3 aromatic rings. The Morgan fingerprint density at radius 3 is 2.53 bits per heavy atom. The molecule has 0 radical (unpaired) electrons. The van der Waals surface area contributed by atoms with Gasteiger partial charge in [-0.1, -0.05) is 66.7 Å². The summed E-state index contributed by atoms with van der Waals surface area (Å²) in [5.74, 6) is 1.10. The van der Waals surface area contributed by atoms with Crippen LogP contribution in [0.5, 0.6) is 11.5 Å². The molecule has 2 aliphatic heterocycles. The Balaban J connectivity index is 1.45. The molecule has 2 amide bonds. The molecule has 5 rings (SSSR count). The summed E-state index contributed by atoms with van der Waals surface area (Å²) in [7, 11) is 0. The minimum atomic E-state index is -0.381. The fourth-order valence-corrected chi connectivity index (χ4v) is 4.60. The van der Waals surface area contributed by atoms with Crippen LogP contribution in [0.15, 0.2) is 85.1 Å². The Hall–Kier alpha value is -4.32. The number of anilines is 1. The highest BCUT2D eigenvalue weighted by atomic mass is 16.6. The highest BCUT2D eigenvalue weighted by Gasteiger charge is 2.30. The van der Waals surface area contributed by atoms with E-state index >= 15 is 0 Å². The van der Waals surface area contributed by atoms with E-state index in [4.69, 9.17) is 9.47 Å². The average Bonchev–Trinajstić information content (AvgIpc) is 2.91. The third-order valence-corrected chi connectivity index (χ3v) is 6.37.